The Bertz CT molecular complexity index is 290. The molecule has 4 heteroatoms. The summed E-state index contributed by atoms with van der Waals surface area (Å²) in [5.74, 6) is -2.33. The van der Waals surface area contributed by atoms with Crippen LogP contribution < -0.4 is 0 Å². The number of allylic oxidation sites excluding steroid dienone is 1. The van der Waals surface area contributed by atoms with Crippen LogP contribution in [0.1, 0.15) is 34.1 Å². The van der Waals surface area contributed by atoms with Crippen LogP contribution in [0.5, 0.6) is 0 Å². The van der Waals surface area contributed by atoms with E-state index in [-0.39, 0.29) is 5.57 Å². The van der Waals surface area contributed by atoms with Crippen LogP contribution in [0.4, 0.5) is 0 Å². The second-order valence-electron chi connectivity index (χ2n) is 3.69. The summed E-state index contributed by atoms with van der Waals surface area (Å²) in [6.07, 6.45) is 0.625. The van der Waals surface area contributed by atoms with Crippen LogP contribution in [0, 0.1) is 0 Å². The molecule has 1 fully saturated rings. The van der Waals surface area contributed by atoms with Gasteiger partial charge in [0.25, 0.3) is 5.79 Å². The first-order chi connectivity index (χ1) is 6.37. The first-order valence-electron chi connectivity index (χ1n) is 4.54. The van der Waals surface area contributed by atoms with Crippen LogP contribution in [0.15, 0.2) is 11.1 Å². The van der Waals surface area contributed by atoms with Gasteiger partial charge in [-0.25, -0.2) is 9.59 Å². The summed E-state index contributed by atoms with van der Waals surface area (Å²) in [4.78, 5) is 22.9. The lowest BCUT2D eigenvalue weighted by Gasteiger charge is -2.30. The van der Waals surface area contributed by atoms with E-state index in [1.807, 2.05) is 6.92 Å². The molecule has 4 nitrogen and oxygen atoms in total. The Balaban J connectivity index is 3.04. The van der Waals surface area contributed by atoms with Crippen LogP contribution in [0.25, 0.3) is 0 Å². The van der Waals surface area contributed by atoms with Gasteiger partial charge in [-0.15, -0.1) is 0 Å². The molecule has 0 saturated carbocycles. The van der Waals surface area contributed by atoms with Crippen molar-refractivity contribution in [1.82, 2.24) is 0 Å². The molecule has 1 heterocycles. The molecule has 0 spiro atoms. The summed E-state index contributed by atoms with van der Waals surface area (Å²) in [6.45, 7) is 6.64. The summed E-state index contributed by atoms with van der Waals surface area (Å²) in [6, 6.07) is 0. The molecule has 1 saturated heterocycles. The third-order valence-electron chi connectivity index (χ3n) is 2.04. The molecule has 78 valence electrons. The summed E-state index contributed by atoms with van der Waals surface area (Å²) < 4.78 is 9.88. The summed E-state index contributed by atoms with van der Waals surface area (Å²) >= 11 is 0. The van der Waals surface area contributed by atoms with Crippen LogP contribution in [0.3, 0.4) is 0 Å². The van der Waals surface area contributed by atoms with Gasteiger partial charge in [0.15, 0.2) is 0 Å². The van der Waals surface area contributed by atoms with Crippen LogP contribution in [-0.2, 0) is 19.1 Å². The predicted molar refractivity (Wildman–Crippen MR) is 49.3 cm³/mol. The van der Waals surface area contributed by atoms with E-state index >= 15 is 0 Å². The second-order valence-corrected chi connectivity index (χ2v) is 3.69. The van der Waals surface area contributed by atoms with Crippen molar-refractivity contribution in [3.05, 3.63) is 11.1 Å². The number of hydrogen-bond donors (Lipinski definition) is 0. The first-order valence-corrected chi connectivity index (χ1v) is 4.54. The van der Waals surface area contributed by atoms with Gasteiger partial charge in [0, 0.05) is 13.8 Å². The zero-order chi connectivity index (χ0) is 10.9. The molecular formula is C10H14O4. The van der Waals surface area contributed by atoms with Gasteiger partial charge < -0.3 is 9.47 Å². The van der Waals surface area contributed by atoms with Gasteiger partial charge in [0.05, 0.1) is 0 Å². The highest BCUT2D eigenvalue weighted by atomic mass is 16.7. The Kier molecular flexibility index (Phi) is 2.64. The van der Waals surface area contributed by atoms with E-state index in [4.69, 9.17) is 9.47 Å². The van der Waals surface area contributed by atoms with Crippen LogP contribution >= 0.6 is 0 Å². The minimum atomic E-state index is -1.15. The highest BCUT2D eigenvalue weighted by Gasteiger charge is 2.39. The van der Waals surface area contributed by atoms with Crippen molar-refractivity contribution in [2.75, 3.05) is 0 Å². The van der Waals surface area contributed by atoms with E-state index in [0.717, 1.165) is 0 Å². The zero-order valence-electron chi connectivity index (χ0n) is 8.84. The van der Waals surface area contributed by atoms with Crippen molar-refractivity contribution < 1.29 is 19.1 Å². The van der Waals surface area contributed by atoms with E-state index in [9.17, 15) is 9.59 Å². The minimum absolute atomic E-state index is 0.0341. The van der Waals surface area contributed by atoms with Crippen molar-refractivity contribution in [2.45, 2.75) is 39.9 Å². The molecule has 0 unspecified atom stereocenters. The lowest BCUT2D eigenvalue weighted by atomic mass is 10.1. The fraction of sp³-hybridized carbons (Fsp3) is 0.600. The van der Waals surface area contributed by atoms with Gasteiger partial charge in [-0.3, -0.25) is 0 Å². The normalized spacial score (nSPS) is 20.1. The lowest BCUT2D eigenvalue weighted by Crippen LogP contribution is -2.42. The molecular weight excluding hydrogens is 184 g/mol. The van der Waals surface area contributed by atoms with Crippen molar-refractivity contribution in [3.8, 4) is 0 Å². The van der Waals surface area contributed by atoms with Crippen molar-refractivity contribution in [3.63, 3.8) is 0 Å². The summed E-state index contributed by atoms with van der Waals surface area (Å²) in [5, 5.41) is 0. The Morgan fingerprint density at radius 2 is 1.64 bits per heavy atom. The maximum absolute atomic E-state index is 11.4. The zero-order valence-corrected chi connectivity index (χ0v) is 8.84. The third-order valence-corrected chi connectivity index (χ3v) is 2.04. The Morgan fingerprint density at radius 3 is 2.00 bits per heavy atom. The third kappa shape index (κ3) is 1.95. The largest absolute Gasteiger partial charge is 0.419 e. The molecule has 0 aromatic heterocycles. The highest BCUT2D eigenvalue weighted by molar-refractivity contribution is 6.15. The molecule has 0 aliphatic carbocycles. The van der Waals surface area contributed by atoms with E-state index in [0.29, 0.717) is 12.0 Å². The van der Waals surface area contributed by atoms with E-state index in [1.165, 1.54) is 13.8 Å². The van der Waals surface area contributed by atoms with E-state index < -0.39 is 17.7 Å². The monoisotopic (exact) mass is 198 g/mol. The predicted octanol–water partition coefficient (Wildman–Crippen LogP) is 1.55. The highest BCUT2D eigenvalue weighted by Crippen LogP contribution is 2.25. The number of ether oxygens (including phenoxy) is 2. The Morgan fingerprint density at radius 1 is 1.21 bits per heavy atom. The average Bonchev–Trinajstić information content (AvgIpc) is 1.99. The Hall–Kier alpha value is -1.32. The second kappa shape index (κ2) is 3.44. The lowest BCUT2D eigenvalue weighted by molar-refractivity contribution is -0.222. The molecule has 0 bridgehead atoms. The van der Waals surface area contributed by atoms with Gasteiger partial charge in [-0.2, -0.15) is 0 Å². The van der Waals surface area contributed by atoms with Gasteiger partial charge in [0.1, 0.15) is 5.57 Å². The minimum Gasteiger partial charge on any atom is -0.419 e. The van der Waals surface area contributed by atoms with Gasteiger partial charge in [-0.05, 0) is 13.3 Å². The number of carbonyl (C=O) groups is 2. The SMILES string of the molecule is CCC(C)=C1C(=O)OC(C)(C)OC1=O. The standard InChI is InChI=1S/C10H14O4/c1-5-6(2)7-8(11)13-10(3,4)14-9(7)12/h5H2,1-4H3. The van der Waals surface area contributed by atoms with Gasteiger partial charge >= 0.3 is 11.9 Å². The number of cyclic esters (lactones) is 2. The smallest absolute Gasteiger partial charge is 0.348 e. The van der Waals surface area contributed by atoms with E-state index in [2.05, 4.69) is 0 Å². The maximum atomic E-state index is 11.4. The molecule has 0 atom stereocenters. The maximum Gasteiger partial charge on any atom is 0.348 e. The van der Waals surface area contributed by atoms with Crippen molar-refractivity contribution in [1.29, 1.82) is 0 Å². The molecule has 0 radical (unpaired) electrons. The number of hydrogen-bond acceptors (Lipinski definition) is 4. The number of esters is 2. The van der Waals surface area contributed by atoms with E-state index in [1.54, 1.807) is 6.92 Å². The summed E-state index contributed by atoms with van der Waals surface area (Å²) in [7, 11) is 0. The molecule has 0 N–H and O–H groups in total. The average molecular weight is 198 g/mol. The Labute approximate surface area is 82.9 Å². The van der Waals surface area contributed by atoms with Gasteiger partial charge in [0.2, 0.25) is 0 Å². The first kappa shape index (κ1) is 10.8. The van der Waals surface area contributed by atoms with Crippen LogP contribution in [-0.4, -0.2) is 17.7 Å². The summed E-state index contributed by atoms with van der Waals surface area (Å²) in [5.41, 5.74) is 0.724. The van der Waals surface area contributed by atoms with Crippen molar-refractivity contribution >= 4 is 11.9 Å². The van der Waals surface area contributed by atoms with Crippen molar-refractivity contribution in [2.24, 2.45) is 0 Å². The number of rotatable bonds is 1. The molecule has 14 heavy (non-hydrogen) atoms. The molecule has 0 amide bonds. The quantitative estimate of drug-likeness (QED) is 0.364. The molecule has 0 aromatic carbocycles. The number of carbonyl (C=O) groups excluding carboxylic acids is 2. The van der Waals surface area contributed by atoms with Gasteiger partial charge in [-0.1, -0.05) is 12.5 Å². The molecule has 1 aliphatic rings. The molecule has 1 rings (SSSR count). The molecule has 1 aliphatic heterocycles. The fourth-order valence-electron chi connectivity index (χ4n) is 1.18. The van der Waals surface area contributed by atoms with Crippen LogP contribution in [0.2, 0.25) is 0 Å². The fourth-order valence-corrected chi connectivity index (χ4v) is 1.18. The topological polar surface area (TPSA) is 52.6 Å². The molecule has 0 aromatic rings.